The molecule has 19 heavy (non-hydrogen) atoms. The first kappa shape index (κ1) is 17.9. The molecule has 0 atom stereocenters. The standard InChI is InChI=1S/C14H21FN2O.ClH/c1-14(2,10-17-13(18)7-4-8-16)11-5-3-6-12(15)9-11;/h3,5-6,9H,4,7-8,10,16H2,1-2H3,(H,17,18);1H. The second kappa shape index (κ2) is 8.12. The summed E-state index contributed by atoms with van der Waals surface area (Å²) >= 11 is 0. The Morgan fingerprint density at radius 2 is 2.11 bits per heavy atom. The van der Waals surface area contributed by atoms with Crippen LogP contribution in [0.4, 0.5) is 4.39 Å². The lowest BCUT2D eigenvalue weighted by atomic mass is 9.84. The van der Waals surface area contributed by atoms with Crippen molar-refractivity contribution >= 4 is 18.3 Å². The third-order valence-corrected chi connectivity index (χ3v) is 2.94. The van der Waals surface area contributed by atoms with Gasteiger partial charge >= 0.3 is 0 Å². The molecule has 0 heterocycles. The number of rotatable bonds is 6. The number of benzene rings is 1. The first-order valence-electron chi connectivity index (χ1n) is 6.18. The number of halogens is 2. The molecule has 0 aromatic heterocycles. The van der Waals surface area contributed by atoms with Gasteiger partial charge in [-0.05, 0) is 30.7 Å². The summed E-state index contributed by atoms with van der Waals surface area (Å²) in [7, 11) is 0. The number of nitrogens with two attached hydrogens (primary N) is 1. The van der Waals surface area contributed by atoms with Crippen LogP contribution < -0.4 is 11.1 Å². The third-order valence-electron chi connectivity index (χ3n) is 2.94. The smallest absolute Gasteiger partial charge is 0.220 e. The van der Waals surface area contributed by atoms with Crippen LogP contribution in [0, 0.1) is 5.82 Å². The van der Waals surface area contributed by atoms with Gasteiger partial charge in [-0.15, -0.1) is 12.4 Å². The Morgan fingerprint density at radius 1 is 1.42 bits per heavy atom. The Hall–Kier alpha value is -1.13. The predicted molar refractivity (Wildman–Crippen MR) is 78.0 cm³/mol. The van der Waals surface area contributed by atoms with Crippen LogP contribution in [0.15, 0.2) is 24.3 Å². The quantitative estimate of drug-likeness (QED) is 0.844. The summed E-state index contributed by atoms with van der Waals surface area (Å²) in [6.45, 7) is 4.95. The minimum absolute atomic E-state index is 0. The Morgan fingerprint density at radius 3 is 2.68 bits per heavy atom. The molecule has 1 aromatic carbocycles. The van der Waals surface area contributed by atoms with Crippen LogP contribution in [0.3, 0.4) is 0 Å². The Balaban J connectivity index is 0.00000324. The molecule has 0 aliphatic heterocycles. The van der Waals surface area contributed by atoms with E-state index < -0.39 is 0 Å². The highest BCUT2D eigenvalue weighted by atomic mass is 35.5. The Bertz CT molecular complexity index is 410. The lowest BCUT2D eigenvalue weighted by Crippen LogP contribution is -2.36. The van der Waals surface area contributed by atoms with Crippen molar-refractivity contribution in [2.75, 3.05) is 13.1 Å². The molecule has 1 rings (SSSR count). The number of nitrogens with one attached hydrogen (secondary N) is 1. The molecule has 0 radical (unpaired) electrons. The summed E-state index contributed by atoms with van der Waals surface area (Å²) in [5.74, 6) is -0.264. The molecule has 0 saturated heterocycles. The summed E-state index contributed by atoms with van der Waals surface area (Å²) in [5.41, 5.74) is 5.93. The first-order chi connectivity index (χ1) is 8.45. The van der Waals surface area contributed by atoms with Gasteiger partial charge in [0.1, 0.15) is 5.82 Å². The maximum absolute atomic E-state index is 13.2. The topological polar surface area (TPSA) is 55.1 Å². The molecule has 3 nitrogen and oxygen atoms in total. The van der Waals surface area contributed by atoms with E-state index >= 15 is 0 Å². The average molecular weight is 289 g/mol. The van der Waals surface area contributed by atoms with Crippen LogP contribution >= 0.6 is 12.4 Å². The fourth-order valence-electron chi connectivity index (χ4n) is 1.68. The molecule has 0 saturated carbocycles. The van der Waals surface area contributed by atoms with Crippen LogP contribution in [0.1, 0.15) is 32.3 Å². The lowest BCUT2D eigenvalue weighted by molar-refractivity contribution is -0.121. The highest BCUT2D eigenvalue weighted by Crippen LogP contribution is 2.22. The van der Waals surface area contributed by atoms with Gasteiger partial charge in [-0.1, -0.05) is 26.0 Å². The highest BCUT2D eigenvalue weighted by Gasteiger charge is 2.21. The molecule has 0 unspecified atom stereocenters. The van der Waals surface area contributed by atoms with E-state index in [0.29, 0.717) is 25.9 Å². The van der Waals surface area contributed by atoms with Crippen LogP contribution in [0.2, 0.25) is 0 Å². The predicted octanol–water partition coefficient (Wildman–Crippen LogP) is 2.38. The zero-order valence-corrected chi connectivity index (χ0v) is 12.2. The van der Waals surface area contributed by atoms with E-state index in [1.54, 1.807) is 6.07 Å². The van der Waals surface area contributed by atoms with Crippen LogP contribution in [-0.4, -0.2) is 19.0 Å². The van der Waals surface area contributed by atoms with E-state index in [-0.39, 0.29) is 29.5 Å². The fraction of sp³-hybridized carbons (Fsp3) is 0.500. The number of carbonyl (C=O) groups excluding carboxylic acids is 1. The molecule has 0 fully saturated rings. The molecular formula is C14H22ClFN2O. The molecule has 0 spiro atoms. The maximum Gasteiger partial charge on any atom is 0.220 e. The summed E-state index contributed by atoms with van der Waals surface area (Å²) in [4.78, 5) is 11.5. The molecule has 0 bridgehead atoms. The molecule has 3 N–H and O–H groups in total. The van der Waals surface area contributed by atoms with Crippen LogP contribution in [-0.2, 0) is 10.2 Å². The Kier molecular flexibility index (Phi) is 7.64. The largest absolute Gasteiger partial charge is 0.355 e. The SMILES string of the molecule is CC(C)(CNC(=O)CCCN)c1cccc(F)c1.Cl. The van der Waals surface area contributed by atoms with Gasteiger partial charge in [0.15, 0.2) is 0 Å². The van der Waals surface area contributed by atoms with Crippen LogP contribution in [0.25, 0.3) is 0 Å². The Labute approximate surface area is 120 Å². The molecule has 0 aliphatic rings. The van der Waals surface area contributed by atoms with E-state index in [1.807, 2.05) is 19.9 Å². The summed E-state index contributed by atoms with van der Waals surface area (Å²) in [6.07, 6.45) is 1.13. The van der Waals surface area contributed by atoms with Crippen molar-refractivity contribution in [3.8, 4) is 0 Å². The first-order valence-corrected chi connectivity index (χ1v) is 6.18. The zero-order chi connectivity index (χ0) is 13.6. The summed E-state index contributed by atoms with van der Waals surface area (Å²) < 4.78 is 13.2. The molecular weight excluding hydrogens is 267 g/mol. The minimum atomic E-state index is -0.291. The molecule has 5 heteroatoms. The van der Waals surface area contributed by atoms with Crippen molar-refractivity contribution in [1.29, 1.82) is 0 Å². The number of hydrogen-bond donors (Lipinski definition) is 2. The van der Waals surface area contributed by atoms with Gasteiger partial charge in [0.2, 0.25) is 5.91 Å². The number of amides is 1. The minimum Gasteiger partial charge on any atom is -0.355 e. The van der Waals surface area contributed by atoms with Gasteiger partial charge in [0.25, 0.3) is 0 Å². The molecule has 0 aliphatic carbocycles. The third kappa shape index (κ3) is 6.03. The van der Waals surface area contributed by atoms with Crippen molar-refractivity contribution in [2.24, 2.45) is 5.73 Å². The van der Waals surface area contributed by atoms with Gasteiger partial charge < -0.3 is 11.1 Å². The lowest BCUT2D eigenvalue weighted by Gasteiger charge is -2.25. The van der Waals surface area contributed by atoms with Gasteiger partial charge in [0, 0.05) is 18.4 Å². The normalized spacial score (nSPS) is 10.7. The summed E-state index contributed by atoms with van der Waals surface area (Å²) in [6, 6.07) is 6.48. The van der Waals surface area contributed by atoms with Crippen LogP contribution in [0.5, 0.6) is 0 Å². The second-order valence-corrected chi connectivity index (χ2v) is 5.06. The van der Waals surface area contributed by atoms with Crippen molar-refractivity contribution in [3.05, 3.63) is 35.6 Å². The maximum atomic E-state index is 13.2. The van der Waals surface area contributed by atoms with Crippen molar-refractivity contribution in [1.82, 2.24) is 5.32 Å². The fourth-order valence-corrected chi connectivity index (χ4v) is 1.68. The highest BCUT2D eigenvalue weighted by molar-refractivity contribution is 5.85. The van der Waals surface area contributed by atoms with Gasteiger partial charge in [-0.25, -0.2) is 4.39 Å². The summed E-state index contributed by atoms with van der Waals surface area (Å²) in [5, 5.41) is 2.86. The van der Waals surface area contributed by atoms with E-state index in [4.69, 9.17) is 5.73 Å². The van der Waals surface area contributed by atoms with Gasteiger partial charge in [-0.2, -0.15) is 0 Å². The monoisotopic (exact) mass is 288 g/mol. The van der Waals surface area contributed by atoms with E-state index in [2.05, 4.69) is 5.32 Å². The zero-order valence-electron chi connectivity index (χ0n) is 11.4. The molecule has 1 amide bonds. The number of carbonyl (C=O) groups is 1. The second-order valence-electron chi connectivity index (χ2n) is 5.06. The van der Waals surface area contributed by atoms with Crippen molar-refractivity contribution in [3.63, 3.8) is 0 Å². The van der Waals surface area contributed by atoms with Gasteiger partial charge in [0.05, 0.1) is 0 Å². The number of hydrogen-bond acceptors (Lipinski definition) is 2. The van der Waals surface area contributed by atoms with Gasteiger partial charge in [-0.3, -0.25) is 4.79 Å². The van der Waals surface area contributed by atoms with E-state index in [1.165, 1.54) is 12.1 Å². The average Bonchev–Trinajstić information content (AvgIpc) is 2.34. The molecule has 1 aromatic rings. The molecule has 108 valence electrons. The van der Waals surface area contributed by atoms with Crippen molar-refractivity contribution < 1.29 is 9.18 Å². The van der Waals surface area contributed by atoms with E-state index in [0.717, 1.165) is 5.56 Å². The van der Waals surface area contributed by atoms with Crippen molar-refractivity contribution in [2.45, 2.75) is 32.1 Å². The van der Waals surface area contributed by atoms with E-state index in [9.17, 15) is 9.18 Å².